The van der Waals surface area contributed by atoms with Gasteiger partial charge in [-0.25, -0.2) is 0 Å². The molecular weight excluding hydrogens is 224 g/mol. The first-order valence-electron chi connectivity index (χ1n) is 5.40. The van der Waals surface area contributed by atoms with E-state index in [0.29, 0.717) is 13.1 Å². The summed E-state index contributed by atoms with van der Waals surface area (Å²) in [6.07, 6.45) is 0. The maximum absolute atomic E-state index is 11.6. The molecule has 0 aromatic heterocycles. The fraction of sp³-hybridized carbons (Fsp3) is 0.417. The Hall–Kier alpha value is -1.06. The van der Waals surface area contributed by atoms with E-state index in [1.807, 2.05) is 30.0 Å². The Kier molecular flexibility index (Phi) is 3.46. The van der Waals surface area contributed by atoms with E-state index in [9.17, 15) is 4.79 Å². The summed E-state index contributed by atoms with van der Waals surface area (Å²) in [6, 6.07) is 5.95. The number of hydrogen-bond acceptors (Lipinski definition) is 2. The smallest absolute Gasteiger partial charge is 0.236 e. The Bertz CT molecular complexity index is 406. The van der Waals surface area contributed by atoms with Gasteiger partial charge in [0.25, 0.3) is 0 Å². The topological polar surface area (TPSA) is 32.3 Å². The zero-order valence-corrected chi connectivity index (χ0v) is 10.0. The van der Waals surface area contributed by atoms with Gasteiger partial charge in [0, 0.05) is 24.7 Å². The van der Waals surface area contributed by atoms with E-state index in [2.05, 4.69) is 5.32 Å². The maximum Gasteiger partial charge on any atom is 0.236 e. The van der Waals surface area contributed by atoms with Crippen molar-refractivity contribution in [2.45, 2.75) is 13.5 Å². The molecule has 1 aliphatic rings. The number of piperazine rings is 1. The molecule has 0 aliphatic carbocycles. The summed E-state index contributed by atoms with van der Waals surface area (Å²) in [7, 11) is 0. The molecule has 0 spiro atoms. The van der Waals surface area contributed by atoms with Gasteiger partial charge in [-0.1, -0.05) is 23.7 Å². The van der Waals surface area contributed by atoms with Crippen LogP contribution in [0.1, 0.15) is 11.1 Å². The first kappa shape index (κ1) is 11.4. The lowest BCUT2D eigenvalue weighted by Gasteiger charge is -2.27. The van der Waals surface area contributed by atoms with E-state index < -0.39 is 0 Å². The monoisotopic (exact) mass is 238 g/mol. The largest absolute Gasteiger partial charge is 0.336 e. The third-order valence-corrected chi connectivity index (χ3v) is 3.11. The number of carbonyl (C=O) groups is 1. The maximum atomic E-state index is 11.6. The van der Waals surface area contributed by atoms with Gasteiger partial charge in [-0.05, 0) is 24.1 Å². The molecule has 3 nitrogen and oxygen atoms in total. The molecule has 1 aromatic rings. The van der Waals surface area contributed by atoms with Crippen LogP contribution in [0.4, 0.5) is 0 Å². The van der Waals surface area contributed by atoms with Crippen LogP contribution in [0.25, 0.3) is 0 Å². The predicted octanol–water partition coefficient (Wildman–Crippen LogP) is 1.58. The van der Waals surface area contributed by atoms with E-state index in [-0.39, 0.29) is 5.91 Å². The molecular formula is C12H15ClN2O. The highest BCUT2D eigenvalue weighted by atomic mass is 35.5. The van der Waals surface area contributed by atoms with Crippen LogP contribution in [-0.2, 0) is 11.3 Å². The summed E-state index contributed by atoms with van der Waals surface area (Å²) in [6.45, 7) is 4.66. The fourth-order valence-electron chi connectivity index (χ4n) is 1.80. The second kappa shape index (κ2) is 4.85. The molecule has 1 aromatic carbocycles. The normalized spacial score (nSPS) is 16.6. The zero-order chi connectivity index (χ0) is 11.5. The number of hydrogen-bond donors (Lipinski definition) is 1. The van der Waals surface area contributed by atoms with Crippen LogP contribution in [0, 0.1) is 6.92 Å². The number of carbonyl (C=O) groups excluding carboxylic acids is 1. The highest BCUT2D eigenvalue weighted by molar-refractivity contribution is 6.31. The minimum Gasteiger partial charge on any atom is -0.336 e. The van der Waals surface area contributed by atoms with Crippen LogP contribution in [0.2, 0.25) is 5.02 Å². The zero-order valence-electron chi connectivity index (χ0n) is 9.29. The number of benzene rings is 1. The van der Waals surface area contributed by atoms with Gasteiger partial charge in [0.2, 0.25) is 5.91 Å². The van der Waals surface area contributed by atoms with Crippen molar-refractivity contribution in [1.82, 2.24) is 10.2 Å². The molecule has 1 amide bonds. The summed E-state index contributed by atoms with van der Waals surface area (Å²) in [4.78, 5) is 13.4. The molecule has 1 heterocycles. The molecule has 4 heteroatoms. The van der Waals surface area contributed by atoms with Crippen LogP contribution < -0.4 is 5.32 Å². The Morgan fingerprint density at radius 1 is 1.50 bits per heavy atom. The quantitative estimate of drug-likeness (QED) is 0.849. The molecule has 1 fully saturated rings. The van der Waals surface area contributed by atoms with Crippen molar-refractivity contribution in [3.8, 4) is 0 Å². The molecule has 2 rings (SSSR count). The van der Waals surface area contributed by atoms with Crippen LogP contribution in [-0.4, -0.2) is 30.4 Å². The average Bonchev–Trinajstić information content (AvgIpc) is 2.25. The first-order valence-corrected chi connectivity index (χ1v) is 5.78. The molecule has 0 atom stereocenters. The van der Waals surface area contributed by atoms with Crippen molar-refractivity contribution in [3.63, 3.8) is 0 Å². The third-order valence-electron chi connectivity index (χ3n) is 2.76. The van der Waals surface area contributed by atoms with Crippen molar-refractivity contribution >= 4 is 17.5 Å². The number of nitrogens with zero attached hydrogens (tertiary/aromatic N) is 1. The van der Waals surface area contributed by atoms with Crippen molar-refractivity contribution in [2.75, 3.05) is 19.6 Å². The Balaban J connectivity index is 2.10. The molecule has 0 bridgehead atoms. The van der Waals surface area contributed by atoms with Crippen molar-refractivity contribution in [1.29, 1.82) is 0 Å². The lowest BCUT2D eigenvalue weighted by Crippen LogP contribution is -2.47. The van der Waals surface area contributed by atoms with Gasteiger partial charge in [0.15, 0.2) is 0 Å². The summed E-state index contributed by atoms with van der Waals surface area (Å²) >= 11 is 6.14. The van der Waals surface area contributed by atoms with Gasteiger partial charge in [0.1, 0.15) is 0 Å². The fourth-order valence-corrected chi connectivity index (χ4v) is 2.09. The van der Waals surface area contributed by atoms with Crippen LogP contribution in [0.5, 0.6) is 0 Å². The second-order valence-corrected chi connectivity index (χ2v) is 4.49. The molecule has 1 N–H and O–H groups in total. The van der Waals surface area contributed by atoms with Gasteiger partial charge in [-0.3, -0.25) is 4.79 Å². The lowest BCUT2D eigenvalue weighted by molar-refractivity contribution is -0.132. The van der Waals surface area contributed by atoms with Gasteiger partial charge in [-0.2, -0.15) is 0 Å². The Morgan fingerprint density at radius 3 is 3.00 bits per heavy atom. The van der Waals surface area contributed by atoms with Crippen molar-refractivity contribution in [3.05, 3.63) is 34.3 Å². The number of halogens is 1. The highest BCUT2D eigenvalue weighted by Crippen LogP contribution is 2.19. The van der Waals surface area contributed by atoms with E-state index in [4.69, 9.17) is 11.6 Å². The summed E-state index contributed by atoms with van der Waals surface area (Å²) in [5.74, 6) is 0.142. The van der Waals surface area contributed by atoms with E-state index in [1.165, 1.54) is 0 Å². The number of nitrogens with one attached hydrogen (secondary N) is 1. The van der Waals surface area contributed by atoms with Crippen LogP contribution in [0.15, 0.2) is 18.2 Å². The minimum absolute atomic E-state index is 0.142. The van der Waals surface area contributed by atoms with Crippen molar-refractivity contribution in [2.24, 2.45) is 0 Å². The summed E-state index contributed by atoms with van der Waals surface area (Å²) in [5.41, 5.74) is 2.16. The number of amides is 1. The van der Waals surface area contributed by atoms with Crippen LogP contribution in [0.3, 0.4) is 0 Å². The molecule has 1 aliphatic heterocycles. The molecule has 86 valence electrons. The van der Waals surface area contributed by atoms with Crippen LogP contribution >= 0.6 is 11.6 Å². The Morgan fingerprint density at radius 2 is 2.31 bits per heavy atom. The first-order chi connectivity index (χ1) is 7.66. The molecule has 0 radical (unpaired) electrons. The standard InChI is InChI=1S/C12H15ClN2O/c1-9-2-3-10(11(13)6-9)8-15-5-4-14-7-12(15)16/h2-3,6,14H,4-5,7-8H2,1H3. The van der Waals surface area contributed by atoms with Gasteiger partial charge < -0.3 is 10.2 Å². The van der Waals surface area contributed by atoms with Gasteiger partial charge >= 0.3 is 0 Å². The Labute approximate surface area is 100 Å². The van der Waals surface area contributed by atoms with Gasteiger partial charge in [0.05, 0.1) is 6.54 Å². The number of aryl methyl sites for hydroxylation is 1. The van der Waals surface area contributed by atoms with E-state index in [1.54, 1.807) is 0 Å². The predicted molar refractivity (Wildman–Crippen MR) is 64.5 cm³/mol. The van der Waals surface area contributed by atoms with E-state index >= 15 is 0 Å². The molecule has 0 unspecified atom stereocenters. The highest BCUT2D eigenvalue weighted by Gasteiger charge is 2.18. The summed E-state index contributed by atoms with van der Waals surface area (Å²) < 4.78 is 0. The molecule has 0 saturated carbocycles. The SMILES string of the molecule is Cc1ccc(CN2CCNCC2=O)c(Cl)c1. The second-order valence-electron chi connectivity index (χ2n) is 4.09. The van der Waals surface area contributed by atoms with Gasteiger partial charge in [-0.15, -0.1) is 0 Å². The molecule has 1 saturated heterocycles. The number of rotatable bonds is 2. The minimum atomic E-state index is 0.142. The third kappa shape index (κ3) is 2.54. The average molecular weight is 239 g/mol. The van der Waals surface area contributed by atoms with E-state index in [0.717, 1.165) is 29.2 Å². The molecule has 16 heavy (non-hydrogen) atoms. The lowest BCUT2D eigenvalue weighted by atomic mass is 10.1. The van der Waals surface area contributed by atoms with Crippen molar-refractivity contribution < 1.29 is 4.79 Å². The summed E-state index contributed by atoms with van der Waals surface area (Å²) in [5, 5.41) is 3.79.